The number of hydrogen-bond acceptors (Lipinski definition) is 3. The number of benzene rings is 1. The average Bonchev–Trinajstić information content (AvgIpc) is 2.46. The van der Waals surface area contributed by atoms with E-state index in [1.165, 1.54) is 0 Å². The Kier molecular flexibility index (Phi) is 7.29. The first kappa shape index (κ1) is 17.0. The number of hydrogen-bond donors (Lipinski definition) is 2. The number of carbonyl (C=O) groups excluding carboxylic acids is 1. The van der Waals surface area contributed by atoms with Gasteiger partial charge in [-0.1, -0.05) is 0 Å². The van der Waals surface area contributed by atoms with Crippen LogP contribution in [0.2, 0.25) is 0 Å². The number of unbranched alkanes of at least 4 members (excludes halogenated alkanes) is 1. The van der Waals surface area contributed by atoms with Crippen LogP contribution in [0.25, 0.3) is 0 Å². The van der Waals surface area contributed by atoms with Gasteiger partial charge in [0.05, 0.1) is 0 Å². The molecule has 0 radical (unpaired) electrons. The highest BCUT2D eigenvalue weighted by atomic mass is 16.4. The minimum absolute atomic E-state index is 0.0732. The standard InChI is InChI=1S/C16H24N2O3/c1-3-18(4-2)14-11-9-13(10-12-14)17-15(19)7-5-6-8-16(20)21/h9-12H,3-8H2,1-2H3,(H,17,19)(H,20,21). The zero-order valence-corrected chi connectivity index (χ0v) is 12.8. The molecule has 5 nitrogen and oxygen atoms in total. The molecule has 21 heavy (non-hydrogen) atoms. The molecule has 0 aliphatic rings. The highest BCUT2D eigenvalue weighted by molar-refractivity contribution is 5.90. The summed E-state index contributed by atoms with van der Waals surface area (Å²) in [6.07, 6.45) is 1.59. The molecular weight excluding hydrogens is 268 g/mol. The summed E-state index contributed by atoms with van der Waals surface area (Å²) in [6, 6.07) is 7.77. The Bertz CT molecular complexity index is 453. The second-order valence-electron chi connectivity index (χ2n) is 4.87. The summed E-state index contributed by atoms with van der Waals surface area (Å²) in [5.74, 6) is -0.890. The molecule has 0 heterocycles. The van der Waals surface area contributed by atoms with Gasteiger partial charge in [-0.15, -0.1) is 0 Å². The van der Waals surface area contributed by atoms with E-state index in [1.54, 1.807) is 0 Å². The number of carbonyl (C=O) groups is 2. The lowest BCUT2D eigenvalue weighted by atomic mass is 10.2. The van der Waals surface area contributed by atoms with Crippen LogP contribution in [0, 0.1) is 0 Å². The van der Waals surface area contributed by atoms with Gasteiger partial charge in [-0.25, -0.2) is 0 Å². The number of amides is 1. The van der Waals surface area contributed by atoms with Crippen LogP contribution >= 0.6 is 0 Å². The van der Waals surface area contributed by atoms with Gasteiger partial charge in [0, 0.05) is 37.3 Å². The summed E-state index contributed by atoms with van der Waals surface area (Å²) in [7, 11) is 0. The molecule has 0 aliphatic heterocycles. The van der Waals surface area contributed by atoms with Crippen LogP contribution in [0.15, 0.2) is 24.3 Å². The molecule has 0 saturated heterocycles. The summed E-state index contributed by atoms with van der Waals surface area (Å²) in [6.45, 7) is 6.12. The predicted molar refractivity (Wildman–Crippen MR) is 84.7 cm³/mol. The highest BCUT2D eigenvalue weighted by Gasteiger charge is 2.05. The van der Waals surface area contributed by atoms with Crippen molar-refractivity contribution in [3.63, 3.8) is 0 Å². The minimum atomic E-state index is -0.817. The number of carboxylic acids is 1. The largest absolute Gasteiger partial charge is 0.481 e. The van der Waals surface area contributed by atoms with Gasteiger partial charge in [-0.3, -0.25) is 9.59 Å². The Morgan fingerprint density at radius 1 is 1.05 bits per heavy atom. The Balaban J connectivity index is 2.41. The van der Waals surface area contributed by atoms with Crippen LogP contribution in [0.4, 0.5) is 11.4 Å². The van der Waals surface area contributed by atoms with Crippen molar-refractivity contribution in [3.8, 4) is 0 Å². The van der Waals surface area contributed by atoms with E-state index >= 15 is 0 Å². The van der Waals surface area contributed by atoms with Gasteiger partial charge >= 0.3 is 5.97 Å². The van der Waals surface area contributed by atoms with Crippen molar-refractivity contribution < 1.29 is 14.7 Å². The van der Waals surface area contributed by atoms with E-state index in [2.05, 4.69) is 24.1 Å². The first-order chi connectivity index (χ1) is 10.1. The lowest BCUT2D eigenvalue weighted by Crippen LogP contribution is -2.21. The van der Waals surface area contributed by atoms with Crippen molar-refractivity contribution in [1.82, 2.24) is 0 Å². The Morgan fingerprint density at radius 2 is 1.62 bits per heavy atom. The van der Waals surface area contributed by atoms with E-state index in [4.69, 9.17) is 5.11 Å². The maximum absolute atomic E-state index is 11.7. The van der Waals surface area contributed by atoms with Crippen molar-refractivity contribution in [1.29, 1.82) is 0 Å². The molecule has 1 amide bonds. The van der Waals surface area contributed by atoms with Gasteiger partial charge in [0.1, 0.15) is 0 Å². The molecular formula is C16H24N2O3. The second kappa shape index (κ2) is 9.00. The summed E-state index contributed by atoms with van der Waals surface area (Å²) >= 11 is 0. The quantitative estimate of drug-likeness (QED) is 0.686. The molecule has 0 bridgehead atoms. The summed E-state index contributed by atoms with van der Waals surface area (Å²) in [4.78, 5) is 24.3. The van der Waals surface area contributed by atoms with Gasteiger partial charge in [0.15, 0.2) is 0 Å². The molecule has 1 aromatic rings. The van der Waals surface area contributed by atoms with Gasteiger partial charge in [0.2, 0.25) is 5.91 Å². The van der Waals surface area contributed by atoms with Crippen LogP contribution in [0.5, 0.6) is 0 Å². The zero-order chi connectivity index (χ0) is 15.7. The van der Waals surface area contributed by atoms with E-state index < -0.39 is 5.97 Å². The van der Waals surface area contributed by atoms with E-state index in [-0.39, 0.29) is 12.3 Å². The third-order valence-corrected chi connectivity index (χ3v) is 3.32. The lowest BCUT2D eigenvalue weighted by Gasteiger charge is -2.21. The molecule has 2 N–H and O–H groups in total. The monoisotopic (exact) mass is 292 g/mol. The third kappa shape index (κ3) is 6.29. The molecule has 0 atom stereocenters. The second-order valence-corrected chi connectivity index (χ2v) is 4.87. The molecule has 0 aliphatic carbocycles. The van der Waals surface area contributed by atoms with E-state index in [9.17, 15) is 9.59 Å². The smallest absolute Gasteiger partial charge is 0.303 e. The fraction of sp³-hybridized carbons (Fsp3) is 0.500. The van der Waals surface area contributed by atoms with Crippen LogP contribution in [-0.2, 0) is 9.59 Å². The fourth-order valence-electron chi connectivity index (χ4n) is 2.13. The van der Waals surface area contributed by atoms with Gasteiger partial charge in [-0.05, 0) is 51.0 Å². The lowest BCUT2D eigenvalue weighted by molar-refractivity contribution is -0.137. The molecule has 0 spiro atoms. The van der Waals surface area contributed by atoms with Crippen LogP contribution in [0.1, 0.15) is 39.5 Å². The van der Waals surface area contributed by atoms with Crippen LogP contribution < -0.4 is 10.2 Å². The van der Waals surface area contributed by atoms with Crippen LogP contribution in [0.3, 0.4) is 0 Å². The topological polar surface area (TPSA) is 69.6 Å². The van der Waals surface area contributed by atoms with Crippen LogP contribution in [-0.4, -0.2) is 30.1 Å². The molecule has 0 aromatic heterocycles. The highest BCUT2D eigenvalue weighted by Crippen LogP contribution is 2.18. The van der Waals surface area contributed by atoms with Crippen molar-refractivity contribution >= 4 is 23.3 Å². The number of aliphatic carboxylic acids is 1. The summed E-state index contributed by atoms with van der Waals surface area (Å²) in [5, 5.41) is 11.3. The van der Waals surface area contributed by atoms with E-state index in [0.717, 1.165) is 24.5 Å². The first-order valence-corrected chi connectivity index (χ1v) is 7.43. The Labute approximate surface area is 126 Å². The van der Waals surface area contributed by atoms with E-state index in [0.29, 0.717) is 19.3 Å². The number of carboxylic acid groups (broad SMARTS) is 1. The van der Waals surface area contributed by atoms with Crippen molar-refractivity contribution in [2.75, 3.05) is 23.3 Å². The molecule has 5 heteroatoms. The number of nitrogens with zero attached hydrogens (tertiary/aromatic N) is 1. The summed E-state index contributed by atoms with van der Waals surface area (Å²) < 4.78 is 0. The maximum Gasteiger partial charge on any atom is 0.303 e. The molecule has 0 fully saturated rings. The number of nitrogens with one attached hydrogen (secondary N) is 1. The summed E-state index contributed by atoms with van der Waals surface area (Å²) in [5.41, 5.74) is 1.91. The van der Waals surface area contributed by atoms with Crippen molar-refractivity contribution in [3.05, 3.63) is 24.3 Å². The van der Waals surface area contributed by atoms with Gasteiger partial charge in [-0.2, -0.15) is 0 Å². The third-order valence-electron chi connectivity index (χ3n) is 3.32. The Morgan fingerprint density at radius 3 is 2.14 bits per heavy atom. The normalized spacial score (nSPS) is 10.2. The van der Waals surface area contributed by atoms with Crippen molar-refractivity contribution in [2.24, 2.45) is 0 Å². The molecule has 1 rings (SSSR count). The Hall–Kier alpha value is -2.04. The molecule has 0 unspecified atom stereocenters. The molecule has 1 aromatic carbocycles. The SMILES string of the molecule is CCN(CC)c1ccc(NC(=O)CCCCC(=O)O)cc1. The molecule has 116 valence electrons. The average molecular weight is 292 g/mol. The number of anilines is 2. The number of rotatable bonds is 9. The first-order valence-electron chi connectivity index (χ1n) is 7.43. The minimum Gasteiger partial charge on any atom is -0.481 e. The fourth-order valence-corrected chi connectivity index (χ4v) is 2.13. The maximum atomic E-state index is 11.7. The van der Waals surface area contributed by atoms with Gasteiger partial charge < -0.3 is 15.3 Å². The van der Waals surface area contributed by atoms with Gasteiger partial charge in [0.25, 0.3) is 0 Å². The molecule has 0 saturated carbocycles. The zero-order valence-electron chi connectivity index (χ0n) is 12.8. The predicted octanol–water partition coefficient (Wildman–Crippen LogP) is 3.12. The van der Waals surface area contributed by atoms with E-state index in [1.807, 2.05) is 24.3 Å². The van der Waals surface area contributed by atoms with Crippen molar-refractivity contribution in [2.45, 2.75) is 39.5 Å².